The van der Waals surface area contributed by atoms with Gasteiger partial charge >= 0.3 is 6.03 Å². The van der Waals surface area contributed by atoms with E-state index in [9.17, 15) is 18.4 Å². The van der Waals surface area contributed by atoms with E-state index in [1.807, 2.05) is 6.92 Å². The fraction of sp³-hybridized carbons (Fsp3) is 0.500. The van der Waals surface area contributed by atoms with E-state index in [0.29, 0.717) is 31.8 Å². The molecule has 0 bridgehead atoms. The molecule has 3 amide bonds. The molecule has 0 saturated heterocycles. The first kappa shape index (κ1) is 22.3. The fourth-order valence-corrected chi connectivity index (χ4v) is 2.29. The van der Waals surface area contributed by atoms with E-state index in [0.717, 1.165) is 12.1 Å². The third-order valence-corrected chi connectivity index (χ3v) is 3.79. The van der Waals surface area contributed by atoms with E-state index >= 15 is 0 Å². The van der Waals surface area contributed by atoms with Crippen LogP contribution in [0.25, 0.3) is 0 Å². The number of nitrogens with one attached hydrogen (secondary N) is 3. The minimum Gasteiger partial charge on any atom is -0.508 e. The Hall–Kier alpha value is -2.71. The van der Waals surface area contributed by atoms with Crippen molar-refractivity contribution in [3.8, 4) is 5.75 Å². The van der Waals surface area contributed by atoms with Gasteiger partial charge in [-0.25, -0.2) is 13.6 Å². The third kappa shape index (κ3) is 8.02. The topological polar surface area (TPSA) is 103 Å². The summed E-state index contributed by atoms with van der Waals surface area (Å²) in [6.07, 6.45) is 1.15. The highest BCUT2D eigenvalue weighted by Gasteiger charge is 2.16. The average Bonchev–Trinajstić information content (AvgIpc) is 2.57. The van der Waals surface area contributed by atoms with E-state index < -0.39 is 17.4 Å². The summed E-state index contributed by atoms with van der Waals surface area (Å²) in [6.45, 7) is 5.85. The monoisotopic (exact) mass is 384 g/mol. The first-order chi connectivity index (χ1) is 12.7. The lowest BCUT2D eigenvalue weighted by Crippen LogP contribution is -2.38. The van der Waals surface area contributed by atoms with E-state index in [2.05, 4.69) is 20.9 Å². The molecule has 0 saturated carbocycles. The number of hydrogen-bond acceptors (Lipinski definition) is 4. The molecule has 0 aromatic heterocycles. The molecule has 0 unspecified atom stereocenters. The second kappa shape index (κ2) is 11.1. The maximum absolute atomic E-state index is 13.6. The van der Waals surface area contributed by atoms with Crippen molar-refractivity contribution < 1.29 is 23.5 Å². The SMILES string of the molecule is CCNC(=O)NC(C)=NCCC[C@@H](C)C(=O)NCc1c(F)cc(O)cc1F. The van der Waals surface area contributed by atoms with Crippen LogP contribution in [0.5, 0.6) is 5.75 Å². The zero-order valence-electron chi connectivity index (χ0n) is 15.7. The Labute approximate surface area is 157 Å². The molecule has 0 heterocycles. The number of phenols is 1. The minimum atomic E-state index is -0.912. The first-order valence-corrected chi connectivity index (χ1v) is 8.75. The summed E-state index contributed by atoms with van der Waals surface area (Å²) in [7, 11) is 0. The highest BCUT2D eigenvalue weighted by Crippen LogP contribution is 2.19. The predicted molar refractivity (Wildman–Crippen MR) is 98.5 cm³/mol. The summed E-state index contributed by atoms with van der Waals surface area (Å²) < 4.78 is 27.3. The Morgan fingerprint density at radius 2 is 1.85 bits per heavy atom. The molecular formula is C18H26F2N4O3. The number of aliphatic imine (C=N–C) groups is 1. The molecule has 7 nitrogen and oxygen atoms in total. The molecule has 0 aliphatic rings. The summed E-state index contributed by atoms with van der Waals surface area (Å²) in [5.41, 5.74) is -0.301. The number of amidine groups is 1. The lowest BCUT2D eigenvalue weighted by Gasteiger charge is -2.13. The number of rotatable bonds is 8. The van der Waals surface area contributed by atoms with Gasteiger partial charge in [-0.1, -0.05) is 6.92 Å². The maximum atomic E-state index is 13.6. The van der Waals surface area contributed by atoms with Crippen molar-refractivity contribution in [3.63, 3.8) is 0 Å². The van der Waals surface area contributed by atoms with Gasteiger partial charge in [0.05, 0.1) is 0 Å². The number of nitrogens with zero attached hydrogens (tertiary/aromatic N) is 1. The molecule has 27 heavy (non-hydrogen) atoms. The fourth-order valence-electron chi connectivity index (χ4n) is 2.29. The van der Waals surface area contributed by atoms with Gasteiger partial charge in [-0.15, -0.1) is 0 Å². The van der Waals surface area contributed by atoms with E-state index in [-0.39, 0.29) is 30.0 Å². The van der Waals surface area contributed by atoms with Crippen molar-refractivity contribution in [3.05, 3.63) is 29.3 Å². The molecule has 9 heteroatoms. The highest BCUT2D eigenvalue weighted by molar-refractivity contribution is 5.96. The molecule has 0 fully saturated rings. The van der Waals surface area contributed by atoms with Crippen molar-refractivity contribution in [1.29, 1.82) is 0 Å². The standard InChI is InChI=1S/C18H26F2N4O3/c1-4-21-18(27)24-12(3)22-7-5-6-11(2)17(26)23-10-14-15(19)8-13(25)9-16(14)20/h8-9,11,25H,4-7,10H2,1-3H3,(H,23,26)(H2,21,22,24,27)/t11-/m1/s1. The summed E-state index contributed by atoms with van der Waals surface area (Å²) in [5.74, 6) is -2.54. The van der Waals surface area contributed by atoms with Gasteiger partial charge in [0.25, 0.3) is 0 Å². The third-order valence-electron chi connectivity index (χ3n) is 3.79. The van der Waals surface area contributed by atoms with Gasteiger partial charge in [0.1, 0.15) is 23.2 Å². The molecule has 0 aliphatic heterocycles. The predicted octanol–water partition coefficient (Wildman–Crippen LogP) is 2.44. The molecule has 0 spiro atoms. The lowest BCUT2D eigenvalue weighted by molar-refractivity contribution is -0.124. The summed E-state index contributed by atoms with van der Waals surface area (Å²) in [4.78, 5) is 27.6. The number of urea groups is 1. The van der Waals surface area contributed by atoms with E-state index in [4.69, 9.17) is 5.11 Å². The Kier molecular flexibility index (Phi) is 9.18. The zero-order chi connectivity index (χ0) is 20.4. The number of halogens is 2. The van der Waals surface area contributed by atoms with Crippen LogP contribution in [0.1, 0.15) is 39.2 Å². The van der Waals surface area contributed by atoms with Gasteiger partial charge in [0, 0.05) is 43.2 Å². The van der Waals surface area contributed by atoms with Gasteiger partial charge in [0.2, 0.25) is 5.91 Å². The molecule has 150 valence electrons. The Bertz CT molecular complexity index is 672. The van der Waals surface area contributed by atoms with Crippen LogP contribution in [0.4, 0.5) is 13.6 Å². The Balaban J connectivity index is 2.38. The van der Waals surface area contributed by atoms with Gasteiger partial charge in [-0.3, -0.25) is 15.1 Å². The number of amides is 3. The second-order valence-corrected chi connectivity index (χ2v) is 6.10. The van der Waals surface area contributed by atoms with Crippen LogP contribution in [0.2, 0.25) is 0 Å². The van der Waals surface area contributed by atoms with Crippen molar-refractivity contribution in [2.24, 2.45) is 10.9 Å². The van der Waals surface area contributed by atoms with Crippen molar-refractivity contribution in [1.82, 2.24) is 16.0 Å². The number of benzene rings is 1. The summed E-state index contributed by atoms with van der Waals surface area (Å²) >= 11 is 0. The number of aromatic hydroxyl groups is 1. The molecule has 0 radical (unpaired) electrons. The zero-order valence-corrected chi connectivity index (χ0v) is 15.7. The second-order valence-electron chi connectivity index (χ2n) is 6.10. The largest absolute Gasteiger partial charge is 0.508 e. The first-order valence-electron chi connectivity index (χ1n) is 8.75. The van der Waals surface area contributed by atoms with Gasteiger partial charge in [-0.05, 0) is 26.7 Å². The lowest BCUT2D eigenvalue weighted by atomic mass is 10.0. The van der Waals surface area contributed by atoms with Crippen LogP contribution in [0, 0.1) is 17.6 Å². The number of phenolic OH excluding ortho intramolecular Hbond substituents is 1. The van der Waals surface area contributed by atoms with Crippen molar-refractivity contribution >= 4 is 17.8 Å². The number of carbonyl (C=O) groups excluding carboxylic acids is 2. The molecule has 1 aromatic carbocycles. The van der Waals surface area contributed by atoms with Gasteiger partial charge in [-0.2, -0.15) is 0 Å². The summed E-state index contributed by atoms with van der Waals surface area (Å²) in [6, 6.07) is 1.27. The van der Waals surface area contributed by atoms with Crippen LogP contribution >= 0.6 is 0 Å². The van der Waals surface area contributed by atoms with Crippen LogP contribution < -0.4 is 16.0 Å². The van der Waals surface area contributed by atoms with Crippen LogP contribution in [0.3, 0.4) is 0 Å². The van der Waals surface area contributed by atoms with Crippen molar-refractivity contribution in [2.75, 3.05) is 13.1 Å². The Morgan fingerprint density at radius 3 is 2.44 bits per heavy atom. The highest BCUT2D eigenvalue weighted by atomic mass is 19.1. The molecule has 1 aromatic rings. The van der Waals surface area contributed by atoms with Gasteiger partial charge < -0.3 is 15.7 Å². The Morgan fingerprint density at radius 1 is 1.22 bits per heavy atom. The summed E-state index contributed by atoms with van der Waals surface area (Å²) in [5, 5.41) is 16.8. The van der Waals surface area contributed by atoms with Crippen LogP contribution in [-0.2, 0) is 11.3 Å². The average molecular weight is 384 g/mol. The van der Waals surface area contributed by atoms with E-state index in [1.165, 1.54) is 0 Å². The number of hydrogen-bond donors (Lipinski definition) is 4. The maximum Gasteiger partial charge on any atom is 0.320 e. The van der Waals surface area contributed by atoms with Crippen LogP contribution in [0.15, 0.2) is 17.1 Å². The normalized spacial score (nSPS) is 12.4. The smallest absolute Gasteiger partial charge is 0.320 e. The quantitative estimate of drug-likeness (QED) is 0.314. The minimum absolute atomic E-state index is 0.297. The molecule has 4 N–H and O–H groups in total. The molecular weight excluding hydrogens is 358 g/mol. The van der Waals surface area contributed by atoms with E-state index in [1.54, 1.807) is 13.8 Å². The molecule has 1 rings (SSSR count). The van der Waals surface area contributed by atoms with Gasteiger partial charge in [0.15, 0.2) is 0 Å². The van der Waals surface area contributed by atoms with Crippen molar-refractivity contribution in [2.45, 2.75) is 40.2 Å². The van der Waals surface area contributed by atoms with Crippen LogP contribution in [-0.4, -0.2) is 36.0 Å². The number of carbonyl (C=O) groups is 2. The molecule has 0 aliphatic carbocycles. The molecule has 1 atom stereocenters.